The highest BCUT2D eigenvalue weighted by molar-refractivity contribution is 7.26. The molecule has 3 rings (SSSR count). The SMILES string of the molecule is CCCCCCCCCCC(CCCCCCCC)c1ccc(-c2ccc(-c3cccs3)s2)s1. The van der Waals surface area contributed by atoms with E-state index in [4.69, 9.17) is 0 Å². The van der Waals surface area contributed by atoms with Gasteiger partial charge in [-0.3, -0.25) is 0 Å². The van der Waals surface area contributed by atoms with Gasteiger partial charge in [0.25, 0.3) is 0 Å². The molecule has 1 atom stereocenters. The molecule has 0 amide bonds. The fourth-order valence-corrected chi connectivity index (χ4v) is 7.96. The standard InChI is InChI=1S/C31H46S3/c1-3-5-7-9-11-12-14-16-19-26(18-15-13-10-8-6-4-2)27-21-22-30(33-27)31-24-23-29(34-31)28-20-17-25-32-28/h17,20-26H,3-16,18-19H2,1-2H3. The average molecular weight is 515 g/mol. The number of rotatable bonds is 19. The van der Waals surface area contributed by atoms with Crippen LogP contribution in [0.25, 0.3) is 19.5 Å². The highest BCUT2D eigenvalue weighted by Crippen LogP contribution is 2.42. The van der Waals surface area contributed by atoms with E-state index in [9.17, 15) is 0 Å². The maximum absolute atomic E-state index is 2.46. The molecule has 0 fully saturated rings. The van der Waals surface area contributed by atoms with Gasteiger partial charge in [-0.05, 0) is 54.5 Å². The second kappa shape index (κ2) is 16.7. The summed E-state index contributed by atoms with van der Waals surface area (Å²) in [6.45, 7) is 4.62. The lowest BCUT2D eigenvalue weighted by atomic mass is 9.93. The minimum Gasteiger partial charge on any atom is -0.143 e. The van der Waals surface area contributed by atoms with Crippen LogP contribution in [-0.2, 0) is 0 Å². The molecule has 0 saturated carbocycles. The van der Waals surface area contributed by atoms with Crippen LogP contribution in [0.3, 0.4) is 0 Å². The third-order valence-electron chi connectivity index (χ3n) is 6.95. The van der Waals surface area contributed by atoms with E-state index in [0.717, 1.165) is 5.92 Å². The number of unbranched alkanes of at least 4 members (excludes halogenated alkanes) is 12. The highest BCUT2D eigenvalue weighted by Gasteiger charge is 2.16. The largest absolute Gasteiger partial charge is 0.143 e. The van der Waals surface area contributed by atoms with Crippen molar-refractivity contribution in [3.05, 3.63) is 46.7 Å². The summed E-state index contributed by atoms with van der Waals surface area (Å²) in [5, 5.41) is 2.18. The molecule has 0 spiro atoms. The molecule has 0 aliphatic rings. The van der Waals surface area contributed by atoms with Gasteiger partial charge in [-0.2, -0.15) is 0 Å². The van der Waals surface area contributed by atoms with Gasteiger partial charge >= 0.3 is 0 Å². The van der Waals surface area contributed by atoms with Gasteiger partial charge in [-0.1, -0.05) is 110 Å². The van der Waals surface area contributed by atoms with Gasteiger partial charge in [0.05, 0.1) is 0 Å². The number of hydrogen-bond acceptors (Lipinski definition) is 3. The molecule has 188 valence electrons. The van der Waals surface area contributed by atoms with Crippen LogP contribution in [0.5, 0.6) is 0 Å². The Morgan fingerprint density at radius 1 is 0.529 bits per heavy atom. The number of thiophene rings is 3. The summed E-state index contributed by atoms with van der Waals surface area (Å²) in [6.07, 6.45) is 22.5. The summed E-state index contributed by atoms with van der Waals surface area (Å²) in [5.74, 6) is 0.766. The summed E-state index contributed by atoms with van der Waals surface area (Å²) in [7, 11) is 0. The Morgan fingerprint density at radius 3 is 1.59 bits per heavy atom. The van der Waals surface area contributed by atoms with Crippen molar-refractivity contribution in [2.24, 2.45) is 0 Å². The molecule has 0 saturated heterocycles. The predicted molar refractivity (Wildman–Crippen MR) is 159 cm³/mol. The van der Waals surface area contributed by atoms with E-state index in [1.54, 1.807) is 4.88 Å². The Labute approximate surface area is 221 Å². The fourth-order valence-electron chi connectivity index (χ4n) is 4.85. The van der Waals surface area contributed by atoms with Crippen molar-refractivity contribution in [3.63, 3.8) is 0 Å². The molecule has 0 bridgehead atoms. The van der Waals surface area contributed by atoms with E-state index in [0.29, 0.717) is 0 Å². The first-order chi connectivity index (χ1) is 16.8. The minimum atomic E-state index is 0.766. The van der Waals surface area contributed by atoms with E-state index in [-0.39, 0.29) is 0 Å². The molecule has 3 heteroatoms. The molecule has 1 unspecified atom stereocenters. The highest BCUT2D eigenvalue weighted by atomic mass is 32.1. The van der Waals surface area contributed by atoms with Gasteiger partial charge in [-0.25, -0.2) is 0 Å². The third-order valence-corrected chi connectivity index (χ3v) is 10.5. The summed E-state index contributed by atoms with van der Waals surface area (Å²) in [5.41, 5.74) is 0. The van der Waals surface area contributed by atoms with Crippen molar-refractivity contribution in [3.8, 4) is 19.5 Å². The van der Waals surface area contributed by atoms with E-state index < -0.39 is 0 Å². The Balaban J connectivity index is 1.52. The summed E-state index contributed by atoms with van der Waals surface area (Å²) < 4.78 is 0. The molecule has 0 aromatic carbocycles. The maximum Gasteiger partial charge on any atom is 0.0449 e. The molecule has 3 heterocycles. The Bertz CT molecular complexity index is 870. The zero-order valence-corrected chi connectivity index (χ0v) is 24.1. The fraction of sp³-hybridized carbons (Fsp3) is 0.613. The van der Waals surface area contributed by atoms with Crippen molar-refractivity contribution in [2.45, 2.75) is 122 Å². The number of hydrogen-bond donors (Lipinski definition) is 0. The molecular formula is C31H46S3. The molecule has 34 heavy (non-hydrogen) atoms. The first-order valence-electron chi connectivity index (χ1n) is 14.1. The Kier molecular flexibility index (Phi) is 13.6. The van der Waals surface area contributed by atoms with E-state index in [2.05, 4.69) is 67.0 Å². The van der Waals surface area contributed by atoms with Crippen LogP contribution in [0.2, 0.25) is 0 Å². The molecule has 0 nitrogen and oxygen atoms in total. The van der Waals surface area contributed by atoms with Crippen LogP contribution in [0.1, 0.15) is 127 Å². The minimum absolute atomic E-state index is 0.766. The lowest BCUT2D eigenvalue weighted by Gasteiger charge is -2.15. The van der Waals surface area contributed by atoms with E-state index >= 15 is 0 Å². The molecule has 0 aliphatic carbocycles. The van der Waals surface area contributed by atoms with Gasteiger partial charge in [0.2, 0.25) is 0 Å². The Morgan fingerprint density at radius 2 is 1.03 bits per heavy atom. The summed E-state index contributed by atoms with van der Waals surface area (Å²) in [6, 6.07) is 13.9. The molecule has 0 radical (unpaired) electrons. The van der Waals surface area contributed by atoms with Gasteiger partial charge in [0.1, 0.15) is 0 Å². The van der Waals surface area contributed by atoms with Crippen molar-refractivity contribution >= 4 is 34.0 Å². The molecule has 0 aliphatic heterocycles. The van der Waals surface area contributed by atoms with Crippen molar-refractivity contribution in [1.82, 2.24) is 0 Å². The Hall–Kier alpha value is -0.900. The molecule has 3 aromatic heterocycles. The second-order valence-electron chi connectivity index (χ2n) is 9.86. The van der Waals surface area contributed by atoms with Crippen LogP contribution >= 0.6 is 34.0 Å². The van der Waals surface area contributed by atoms with Gasteiger partial charge in [0.15, 0.2) is 0 Å². The first kappa shape index (κ1) is 27.7. The second-order valence-corrected chi connectivity index (χ2v) is 13.0. The van der Waals surface area contributed by atoms with Crippen LogP contribution in [-0.4, -0.2) is 0 Å². The normalized spacial score (nSPS) is 12.4. The zero-order chi connectivity index (χ0) is 23.8. The van der Waals surface area contributed by atoms with Crippen molar-refractivity contribution < 1.29 is 0 Å². The van der Waals surface area contributed by atoms with Crippen molar-refractivity contribution in [1.29, 1.82) is 0 Å². The topological polar surface area (TPSA) is 0 Å². The van der Waals surface area contributed by atoms with Gasteiger partial charge in [-0.15, -0.1) is 34.0 Å². The quantitative estimate of drug-likeness (QED) is 0.139. The molecule has 3 aromatic rings. The third kappa shape index (κ3) is 9.63. The van der Waals surface area contributed by atoms with Gasteiger partial charge in [0, 0.05) is 24.4 Å². The maximum atomic E-state index is 2.46. The van der Waals surface area contributed by atoms with E-state index in [1.165, 1.54) is 122 Å². The summed E-state index contributed by atoms with van der Waals surface area (Å²) in [4.78, 5) is 7.33. The monoisotopic (exact) mass is 514 g/mol. The van der Waals surface area contributed by atoms with Crippen LogP contribution in [0.15, 0.2) is 41.8 Å². The zero-order valence-electron chi connectivity index (χ0n) is 21.7. The first-order valence-corrected chi connectivity index (χ1v) is 16.6. The van der Waals surface area contributed by atoms with Crippen LogP contribution in [0.4, 0.5) is 0 Å². The molecular weight excluding hydrogens is 469 g/mol. The van der Waals surface area contributed by atoms with Gasteiger partial charge < -0.3 is 0 Å². The average Bonchev–Trinajstić information content (AvgIpc) is 3.62. The lowest BCUT2D eigenvalue weighted by Crippen LogP contribution is -1.97. The summed E-state index contributed by atoms with van der Waals surface area (Å²) >= 11 is 5.86. The predicted octanol–water partition coefficient (Wildman–Crippen LogP) is 12.6. The smallest absolute Gasteiger partial charge is 0.0449 e. The van der Waals surface area contributed by atoms with Crippen LogP contribution < -0.4 is 0 Å². The van der Waals surface area contributed by atoms with Crippen molar-refractivity contribution in [2.75, 3.05) is 0 Å². The van der Waals surface area contributed by atoms with E-state index in [1.807, 2.05) is 22.7 Å². The van der Waals surface area contributed by atoms with Crippen LogP contribution in [0, 0.1) is 0 Å². The molecule has 0 N–H and O–H groups in total. The lowest BCUT2D eigenvalue weighted by molar-refractivity contribution is 0.488.